The number of benzene rings is 1. The number of hydrogen-bond acceptors (Lipinski definition) is 1. The van der Waals surface area contributed by atoms with Crippen LogP contribution in [0.25, 0.3) is 0 Å². The molecule has 0 aromatic heterocycles. The molecule has 1 aromatic carbocycles. The molecule has 0 bridgehead atoms. The van der Waals surface area contributed by atoms with Crippen LogP contribution < -0.4 is 4.74 Å². The summed E-state index contributed by atoms with van der Waals surface area (Å²) in [5, 5.41) is 0. The SMILES string of the molecule is CCCCCOc1ccc(C/C=C/C2CCC(CCCCC)CC2)cc1. The average molecular weight is 357 g/mol. The van der Waals surface area contributed by atoms with Gasteiger partial charge < -0.3 is 4.74 Å². The van der Waals surface area contributed by atoms with Crippen molar-refractivity contribution in [2.75, 3.05) is 6.61 Å². The van der Waals surface area contributed by atoms with Crippen molar-refractivity contribution in [2.24, 2.45) is 11.8 Å². The Morgan fingerprint density at radius 2 is 1.58 bits per heavy atom. The summed E-state index contributed by atoms with van der Waals surface area (Å²) in [5.41, 5.74) is 1.38. The predicted molar refractivity (Wildman–Crippen MR) is 114 cm³/mol. The second-order valence-corrected chi connectivity index (χ2v) is 8.11. The standard InChI is InChI=1S/C25H40O/c1-3-5-7-10-22-13-15-23(16-14-22)11-9-12-24-17-19-25(20-18-24)26-21-8-6-4-2/h9,11,17-20,22-23H,3-8,10,12-16,21H2,1-2H3/b11-9+. The van der Waals surface area contributed by atoms with Crippen LogP contribution >= 0.6 is 0 Å². The van der Waals surface area contributed by atoms with Crippen molar-refractivity contribution in [3.63, 3.8) is 0 Å². The van der Waals surface area contributed by atoms with Crippen LogP contribution in [0.3, 0.4) is 0 Å². The van der Waals surface area contributed by atoms with Crippen molar-refractivity contribution in [3.8, 4) is 5.75 Å². The number of hydrogen-bond donors (Lipinski definition) is 0. The van der Waals surface area contributed by atoms with E-state index in [-0.39, 0.29) is 0 Å². The van der Waals surface area contributed by atoms with E-state index in [4.69, 9.17) is 4.74 Å². The molecule has 0 amide bonds. The lowest BCUT2D eigenvalue weighted by Gasteiger charge is -2.26. The van der Waals surface area contributed by atoms with Gasteiger partial charge in [-0.15, -0.1) is 0 Å². The third-order valence-electron chi connectivity index (χ3n) is 5.81. The zero-order chi connectivity index (χ0) is 18.5. The molecule has 0 spiro atoms. The maximum atomic E-state index is 5.79. The molecule has 146 valence electrons. The molecule has 0 radical (unpaired) electrons. The Morgan fingerprint density at radius 1 is 0.885 bits per heavy atom. The van der Waals surface area contributed by atoms with Crippen LogP contribution in [0.4, 0.5) is 0 Å². The van der Waals surface area contributed by atoms with Gasteiger partial charge in [-0.1, -0.05) is 76.7 Å². The first kappa shape index (κ1) is 21.1. The molecule has 0 atom stereocenters. The third-order valence-corrected chi connectivity index (χ3v) is 5.81. The van der Waals surface area contributed by atoms with Gasteiger partial charge in [0.2, 0.25) is 0 Å². The highest BCUT2D eigenvalue weighted by atomic mass is 16.5. The Hall–Kier alpha value is -1.24. The van der Waals surface area contributed by atoms with Gasteiger partial charge in [0, 0.05) is 0 Å². The fraction of sp³-hybridized carbons (Fsp3) is 0.680. The van der Waals surface area contributed by atoms with Gasteiger partial charge in [0.15, 0.2) is 0 Å². The minimum atomic E-state index is 0.818. The first-order valence-corrected chi connectivity index (χ1v) is 11.2. The van der Waals surface area contributed by atoms with Crippen molar-refractivity contribution < 1.29 is 4.74 Å². The molecule has 0 unspecified atom stereocenters. The molecule has 1 nitrogen and oxygen atoms in total. The van der Waals surface area contributed by atoms with E-state index in [1.54, 1.807) is 0 Å². The lowest BCUT2D eigenvalue weighted by Crippen LogP contribution is -2.13. The first-order chi connectivity index (χ1) is 12.8. The molecule has 1 saturated carbocycles. The van der Waals surface area contributed by atoms with Crippen LogP contribution in [0.15, 0.2) is 36.4 Å². The van der Waals surface area contributed by atoms with Crippen molar-refractivity contribution in [2.45, 2.75) is 90.9 Å². The fourth-order valence-electron chi connectivity index (χ4n) is 4.01. The summed E-state index contributed by atoms with van der Waals surface area (Å²) in [6, 6.07) is 8.67. The Kier molecular flexibility index (Phi) is 10.5. The van der Waals surface area contributed by atoms with Crippen LogP contribution in [-0.4, -0.2) is 6.61 Å². The van der Waals surface area contributed by atoms with E-state index < -0.39 is 0 Å². The zero-order valence-corrected chi connectivity index (χ0v) is 17.2. The molecule has 0 saturated heterocycles. The lowest BCUT2D eigenvalue weighted by atomic mass is 9.79. The Bertz CT molecular complexity index is 479. The van der Waals surface area contributed by atoms with Gasteiger partial charge in [0.25, 0.3) is 0 Å². The first-order valence-electron chi connectivity index (χ1n) is 11.2. The van der Waals surface area contributed by atoms with Crippen molar-refractivity contribution in [1.82, 2.24) is 0 Å². The van der Waals surface area contributed by atoms with Crippen LogP contribution in [0, 0.1) is 11.8 Å². The van der Waals surface area contributed by atoms with E-state index in [2.05, 4.69) is 50.3 Å². The molecule has 0 N–H and O–H groups in total. The van der Waals surface area contributed by atoms with Crippen LogP contribution in [-0.2, 0) is 6.42 Å². The van der Waals surface area contributed by atoms with E-state index >= 15 is 0 Å². The predicted octanol–water partition coefficient (Wildman–Crippen LogP) is 7.74. The topological polar surface area (TPSA) is 9.23 Å². The third kappa shape index (κ3) is 8.43. The van der Waals surface area contributed by atoms with Gasteiger partial charge in [-0.05, 0) is 68.1 Å². The van der Waals surface area contributed by atoms with Crippen molar-refractivity contribution in [1.29, 1.82) is 0 Å². The molecule has 1 fully saturated rings. The number of unbranched alkanes of at least 4 members (excludes halogenated alkanes) is 4. The maximum absolute atomic E-state index is 5.79. The largest absolute Gasteiger partial charge is 0.494 e. The van der Waals surface area contributed by atoms with Crippen LogP contribution in [0.1, 0.15) is 90.0 Å². The highest BCUT2D eigenvalue weighted by Gasteiger charge is 2.18. The van der Waals surface area contributed by atoms with E-state index in [0.717, 1.165) is 37.0 Å². The van der Waals surface area contributed by atoms with Crippen LogP contribution in [0.2, 0.25) is 0 Å². The van der Waals surface area contributed by atoms with E-state index in [9.17, 15) is 0 Å². The Morgan fingerprint density at radius 3 is 2.27 bits per heavy atom. The van der Waals surface area contributed by atoms with Gasteiger partial charge in [-0.3, -0.25) is 0 Å². The van der Waals surface area contributed by atoms with Crippen molar-refractivity contribution >= 4 is 0 Å². The molecule has 1 aliphatic carbocycles. The molecule has 1 aromatic rings. The van der Waals surface area contributed by atoms with Gasteiger partial charge in [0.05, 0.1) is 6.61 Å². The molecule has 2 rings (SSSR count). The van der Waals surface area contributed by atoms with E-state index in [0.29, 0.717) is 0 Å². The van der Waals surface area contributed by atoms with E-state index in [1.165, 1.54) is 69.8 Å². The summed E-state index contributed by atoms with van der Waals surface area (Å²) in [6.45, 7) is 5.37. The van der Waals surface area contributed by atoms with Gasteiger partial charge in [-0.2, -0.15) is 0 Å². The Balaban J connectivity index is 1.62. The summed E-state index contributed by atoms with van der Waals surface area (Å²) in [5.74, 6) is 2.84. The van der Waals surface area contributed by atoms with Crippen LogP contribution in [0.5, 0.6) is 5.75 Å². The quantitative estimate of drug-likeness (QED) is 0.275. The lowest BCUT2D eigenvalue weighted by molar-refractivity contribution is 0.289. The molecular weight excluding hydrogens is 316 g/mol. The second kappa shape index (κ2) is 13.0. The van der Waals surface area contributed by atoms with Gasteiger partial charge in [0.1, 0.15) is 5.75 Å². The molecule has 0 aliphatic heterocycles. The van der Waals surface area contributed by atoms with Gasteiger partial charge >= 0.3 is 0 Å². The summed E-state index contributed by atoms with van der Waals surface area (Å²) in [4.78, 5) is 0. The highest BCUT2D eigenvalue weighted by molar-refractivity contribution is 5.28. The normalized spacial score (nSPS) is 20.5. The average Bonchev–Trinajstić information content (AvgIpc) is 2.68. The van der Waals surface area contributed by atoms with E-state index in [1.807, 2.05) is 0 Å². The molecule has 1 aliphatic rings. The molecule has 26 heavy (non-hydrogen) atoms. The summed E-state index contributed by atoms with van der Waals surface area (Å²) >= 11 is 0. The molecule has 1 heteroatoms. The maximum Gasteiger partial charge on any atom is 0.119 e. The minimum absolute atomic E-state index is 0.818. The zero-order valence-electron chi connectivity index (χ0n) is 17.2. The monoisotopic (exact) mass is 356 g/mol. The smallest absolute Gasteiger partial charge is 0.119 e. The summed E-state index contributed by atoms with van der Waals surface area (Å²) in [7, 11) is 0. The highest BCUT2D eigenvalue weighted by Crippen LogP contribution is 2.32. The summed E-state index contributed by atoms with van der Waals surface area (Å²) < 4.78 is 5.79. The van der Waals surface area contributed by atoms with Gasteiger partial charge in [-0.25, -0.2) is 0 Å². The van der Waals surface area contributed by atoms with Crippen molar-refractivity contribution in [3.05, 3.63) is 42.0 Å². The minimum Gasteiger partial charge on any atom is -0.494 e. The summed E-state index contributed by atoms with van der Waals surface area (Å²) in [6.07, 6.45) is 21.0. The fourth-order valence-corrected chi connectivity index (χ4v) is 4.01. The number of rotatable bonds is 12. The molecule has 0 heterocycles. The molecular formula is C25H40O. The number of ether oxygens (including phenoxy) is 1. The Labute approximate surface area is 162 Å². The number of allylic oxidation sites excluding steroid dienone is 2. The second-order valence-electron chi connectivity index (χ2n) is 8.11.